The molecule has 0 saturated carbocycles. The maximum Gasteiger partial charge on any atom is 0.265 e. The van der Waals surface area contributed by atoms with Gasteiger partial charge in [0.15, 0.2) is 0 Å². The van der Waals surface area contributed by atoms with E-state index in [4.69, 9.17) is 4.74 Å². The summed E-state index contributed by atoms with van der Waals surface area (Å²) in [5, 5.41) is 0.394. The fourth-order valence-corrected chi connectivity index (χ4v) is 5.19. The second-order valence-corrected chi connectivity index (χ2v) is 9.68. The van der Waals surface area contributed by atoms with Gasteiger partial charge in [-0.3, -0.25) is 14.1 Å². The van der Waals surface area contributed by atoms with Crippen LogP contribution in [0.3, 0.4) is 0 Å². The number of halogens is 2. The van der Waals surface area contributed by atoms with Gasteiger partial charge in [-0.1, -0.05) is 28.1 Å². The number of nitrogens with zero attached hydrogens (tertiary/aromatic N) is 2. The van der Waals surface area contributed by atoms with Crippen molar-refractivity contribution in [1.82, 2.24) is 9.55 Å². The summed E-state index contributed by atoms with van der Waals surface area (Å²) in [5.74, 6) is -0.282. The molecule has 7 nitrogen and oxygen atoms in total. The zero-order chi connectivity index (χ0) is 23.8. The Morgan fingerprint density at radius 1 is 1.12 bits per heavy atom. The van der Waals surface area contributed by atoms with Crippen molar-refractivity contribution in [3.63, 3.8) is 0 Å². The number of benzene rings is 3. The minimum Gasteiger partial charge on any atom is -0.492 e. The maximum absolute atomic E-state index is 14.6. The molecular weight excluding hydrogens is 513 g/mol. The predicted molar refractivity (Wildman–Crippen MR) is 128 cm³/mol. The fraction of sp³-hybridized carbons (Fsp3) is 0.130. The Morgan fingerprint density at radius 2 is 1.88 bits per heavy atom. The second-order valence-electron chi connectivity index (χ2n) is 7.11. The molecule has 1 N–H and O–H groups in total. The number of nitrogens with one attached hydrogen (secondary N) is 1. The number of anilines is 1. The Balaban J connectivity index is 1.81. The van der Waals surface area contributed by atoms with E-state index in [2.05, 4.69) is 25.6 Å². The van der Waals surface area contributed by atoms with Crippen molar-refractivity contribution in [1.29, 1.82) is 0 Å². The number of hydrogen-bond acceptors (Lipinski definition) is 5. The Morgan fingerprint density at radius 3 is 2.64 bits per heavy atom. The topological polar surface area (TPSA) is 90.3 Å². The molecule has 0 aliphatic carbocycles. The highest BCUT2D eigenvalue weighted by molar-refractivity contribution is 9.10. The molecule has 1 aromatic heterocycles. The highest BCUT2D eigenvalue weighted by atomic mass is 79.9. The zero-order valence-electron chi connectivity index (χ0n) is 17.7. The first-order valence-corrected chi connectivity index (χ1v) is 12.2. The number of para-hydroxylation sites is 1. The lowest BCUT2D eigenvalue weighted by Crippen LogP contribution is -2.22. The van der Waals surface area contributed by atoms with Gasteiger partial charge in [0.05, 0.1) is 28.9 Å². The molecule has 170 valence electrons. The fourth-order valence-electron chi connectivity index (χ4n) is 3.44. The van der Waals surface area contributed by atoms with E-state index in [1.165, 1.54) is 28.8 Å². The quantitative estimate of drug-likeness (QED) is 0.386. The van der Waals surface area contributed by atoms with Crippen LogP contribution in [0.25, 0.3) is 16.6 Å². The minimum absolute atomic E-state index is 0.135. The first-order valence-electron chi connectivity index (χ1n) is 9.95. The molecule has 0 saturated heterocycles. The molecule has 1 heterocycles. The molecule has 33 heavy (non-hydrogen) atoms. The molecule has 0 aliphatic rings. The summed E-state index contributed by atoms with van der Waals surface area (Å²) in [6.45, 7) is 3.63. The van der Waals surface area contributed by atoms with Crippen molar-refractivity contribution in [2.75, 3.05) is 11.3 Å². The number of ether oxygens (including phenoxy) is 1. The van der Waals surface area contributed by atoms with Crippen LogP contribution in [-0.2, 0) is 10.0 Å². The van der Waals surface area contributed by atoms with Gasteiger partial charge in [0.25, 0.3) is 15.6 Å². The molecule has 0 atom stereocenters. The zero-order valence-corrected chi connectivity index (χ0v) is 20.1. The largest absolute Gasteiger partial charge is 0.492 e. The number of sulfonamides is 1. The van der Waals surface area contributed by atoms with Crippen molar-refractivity contribution in [3.8, 4) is 11.4 Å². The van der Waals surface area contributed by atoms with Gasteiger partial charge < -0.3 is 4.74 Å². The van der Waals surface area contributed by atoms with Crippen LogP contribution in [0.4, 0.5) is 10.1 Å². The monoisotopic (exact) mass is 531 g/mol. The average Bonchev–Trinajstić information content (AvgIpc) is 2.77. The molecule has 0 bridgehead atoms. The SMILES string of the molecule is CCOc1ccc(Br)cc1S(=O)(=O)Nc1cc(-n2c(C)nc3ccccc3c2=O)ccc1F. The van der Waals surface area contributed by atoms with Crippen molar-refractivity contribution in [2.24, 2.45) is 0 Å². The highest BCUT2D eigenvalue weighted by Gasteiger charge is 2.22. The molecule has 3 aromatic carbocycles. The molecule has 4 rings (SSSR count). The summed E-state index contributed by atoms with van der Waals surface area (Å²) in [4.78, 5) is 17.4. The van der Waals surface area contributed by atoms with E-state index in [0.29, 0.717) is 21.2 Å². The van der Waals surface area contributed by atoms with Gasteiger partial charge in [-0.05, 0) is 62.4 Å². The van der Waals surface area contributed by atoms with Crippen LogP contribution in [0.15, 0.2) is 74.8 Å². The molecule has 0 fully saturated rings. The molecular formula is C23H19BrFN3O4S. The van der Waals surface area contributed by atoms with Gasteiger partial charge in [0.2, 0.25) is 0 Å². The smallest absolute Gasteiger partial charge is 0.265 e. The number of aromatic nitrogens is 2. The number of fused-ring (bicyclic) bond motifs is 1. The van der Waals surface area contributed by atoms with Gasteiger partial charge in [0.1, 0.15) is 22.3 Å². The van der Waals surface area contributed by atoms with E-state index < -0.39 is 15.8 Å². The van der Waals surface area contributed by atoms with Gasteiger partial charge in [0, 0.05) is 4.47 Å². The number of hydrogen-bond donors (Lipinski definition) is 1. The summed E-state index contributed by atoms with van der Waals surface area (Å²) in [7, 11) is -4.21. The second kappa shape index (κ2) is 8.95. The van der Waals surface area contributed by atoms with Crippen LogP contribution in [0.1, 0.15) is 12.7 Å². The minimum atomic E-state index is -4.21. The van der Waals surface area contributed by atoms with Crippen molar-refractivity contribution in [2.45, 2.75) is 18.7 Å². The molecule has 0 unspecified atom stereocenters. The Bertz CT molecular complexity index is 1540. The molecule has 0 aliphatic heterocycles. The third-order valence-corrected chi connectivity index (χ3v) is 6.77. The van der Waals surface area contributed by atoms with Crippen LogP contribution in [0.2, 0.25) is 0 Å². The third-order valence-electron chi connectivity index (χ3n) is 4.89. The van der Waals surface area contributed by atoms with E-state index in [9.17, 15) is 17.6 Å². The summed E-state index contributed by atoms with van der Waals surface area (Å²) in [6, 6.07) is 15.2. The van der Waals surface area contributed by atoms with Crippen LogP contribution >= 0.6 is 15.9 Å². The van der Waals surface area contributed by atoms with Gasteiger partial charge >= 0.3 is 0 Å². The van der Waals surface area contributed by atoms with E-state index in [-0.39, 0.29) is 34.2 Å². The Labute approximate surface area is 198 Å². The van der Waals surface area contributed by atoms with Gasteiger partial charge in [-0.2, -0.15) is 0 Å². The Hall–Kier alpha value is -3.24. The molecule has 0 radical (unpaired) electrons. The number of aryl methyl sites for hydroxylation is 1. The van der Waals surface area contributed by atoms with Crippen molar-refractivity contribution in [3.05, 3.63) is 87.1 Å². The lowest BCUT2D eigenvalue weighted by molar-refractivity contribution is 0.331. The first-order chi connectivity index (χ1) is 15.7. The Kier molecular flexibility index (Phi) is 6.22. The summed E-state index contributed by atoms with van der Waals surface area (Å²) >= 11 is 3.25. The average molecular weight is 532 g/mol. The van der Waals surface area contributed by atoms with E-state index >= 15 is 0 Å². The van der Waals surface area contributed by atoms with E-state index in [0.717, 1.165) is 6.07 Å². The first kappa shape index (κ1) is 22.9. The normalized spacial score (nSPS) is 11.5. The molecule has 0 spiro atoms. The summed E-state index contributed by atoms with van der Waals surface area (Å²) < 4.78 is 50.4. The number of rotatable bonds is 6. The molecule has 4 aromatic rings. The molecule has 10 heteroatoms. The van der Waals surface area contributed by atoms with Gasteiger partial charge in [-0.25, -0.2) is 17.8 Å². The van der Waals surface area contributed by atoms with Crippen molar-refractivity contribution < 1.29 is 17.5 Å². The van der Waals surface area contributed by atoms with Crippen LogP contribution < -0.4 is 15.0 Å². The molecule has 0 amide bonds. The third kappa shape index (κ3) is 4.49. The maximum atomic E-state index is 14.6. The summed E-state index contributed by atoms with van der Waals surface area (Å²) in [5.41, 5.74) is 0.157. The van der Waals surface area contributed by atoms with Crippen molar-refractivity contribution >= 4 is 42.5 Å². The summed E-state index contributed by atoms with van der Waals surface area (Å²) in [6.07, 6.45) is 0. The van der Waals surface area contributed by atoms with Crippen LogP contribution in [0, 0.1) is 12.7 Å². The lowest BCUT2D eigenvalue weighted by atomic mass is 10.2. The van der Waals surface area contributed by atoms with Crippen LogP contribution in [0.5, 0.6) is 5.75 Å². The van der Waals surface area contributed by atoms with Crippen LogP contribution in [-0.4, -0.2) is 24.6 Å². The van der Waals surface area contributed by atoms with E-state index in [1.54, 1.807) is 44.2 Å². The van der Waals surface area contributed by atoms with Gasteiger partial charge in [-0.15, -0.1) is 0 Å². The van der Waals surface area contributed by atoms with E-state index in [1.807, 2.05) is 0 Å². The lowest BCUT2D eigenvalue weighted by Gasteiger charge is -2.15. The standard InChI is InChI=1S/C23H19BrFN3O4S/c1-3-32-21-11-8-15(24)12-22(21)33(30,31)27-20-13-16(9-10-18(20)25)28-14(2)26-19-7-5-4-6-17(19)23(28)29/h4-13,27H,3H2,1-2H3. The predicted octanol–water partition coefficient (Wildman–Crippen LogP) is 4.80. The highest BCUT2D eigenvalue weighted by Crippen LogP contribution is 2.30.